The van der Waals surface area contributed by atoms with Crippen molar-refractivity contribution in [2.45, 2.75) is 193 Å². The predicted molar refractivity (Wildman–Crippen MR) is 291 cm³/mol. The Morgan fingerprint density at radius 3 is 0.655 bits per heavy atom. The fraction of sp³-hybridized carbons (Fsp3) is 0.569. The number of hydrogen-bond donors (Lipinski definition) is 0. The fourth-order valence-corrected chi connectivity index (χ4v) is 42.5. The van der Waals surface area contributed by atoms with Crippen molar-refractivity contribution in [3.05, 3.63) is 73.9 Å². The summed E-state index contributed by atoms with van der Waals surface area (Å²) in [4.78, 5) is 0. The zero-order valence-corrected chi connectivity index (χ0v) is 50.3. The Morgan fingerprint density at radius 1 is 0.293 bits per heavy atom. The second-order valence-corrected chi connectivity index (χ2v) is 59.0. The first-order chi connectivity index (χ1) is 25.8. The van der Waals surface area contributed by atoms with E-state index >= 15 is 0 Å². The molecular formula is C51H88Si7. The lowest BCUT2D eigenvalue weighted by Crippen LogP contribution is -2.86. The molecule has 0 spiro atoms. The summed E-state index contributed by atoms with van der Waals surface area (Å²) in [6, 6.07) is 8.62. The average Bonchev–Trinajstić information content (AvgIpc) is 3.20. The molecule has 7 heteroatoms. The minimum absolute atomic E-state index is 0.359. The molecule has 4 rings (SSSR count). The third-order valence-corrected chi connectivity index (χ3v) is 33.8. The Bertz CT molecular complexity index is 1990. The van der Waals surface area contributed by atoms with Gasteiger partial charge in [-0.25, -0.2) is 0 Å². The second-order valence-electron chi connectivity index (χ2n) is 25.2. The van der Waals surface area contributed by atoms with E-state index in [4.69, 9.17) is 0 Å². The quantitative estimate of drug-likeness (QED) is 0.141. The highest BCUT2D eigenvalue weighted by Gasteiger charge is 2.57. The lowest BCUT2D eigenvalue weighted by atomic mass is 10.1. The lowest BCUT2D eigenvalue weighted by Gasteiger charge is -2.50. The first kappa shape index (κ1) is 49.3. The molecule has 1 aliphatic carbocycles. The molecule has 3 aromatic carbocycles. The molecule has 0 aromatic heterocycles. The van der Waals surface area contributed by atoms with Crippen LogP contribution in [0.25, 0.3) is 0 Å². The normalized spacial score (nSPS) is 15.7. The molecule has 0 heterocycles. The van der Waals surface area contributed by atoms with Crippen LogP contribution in [-0.4, -0.2) is 56.5 Å². The van der Waals surface area contributed by atoms with Gasteiger partial charge in [-0.2, -0.15) is 0 Å². The highest BCUT2D eigenvalue weighted by atomic mass is 28.3. The van der Waals surface area contributed by atoms with Gasteiger partial charge in [-0.1, -0.05) is 178 Å². The number of allylic oxidation sites excluding steroid dienone is 4. The van der Waals surface area contributed by atoms with Crippen molar-refractivity contribution in [1.82, 2.24) is 0 Å². The molecule has 0 fully saturated rings. The molecule has 0 saturated heterocycles. The van der Waals surface area contributed by atoms with Gasteiger partial charge in [0.05, 0.1) is 48.4 Å². The summed E-state index contributed by atoms with van der Waals surface area (Å²) in [5.74, 6) is 0. The van der Waals surface area contributed by atoms with Crippen LogP contribution in [-0.2, 0) is 0 Å². The Morgan fingerprint density at radius 2 is 0.483 bits per heavy atom. The third kappa shape index (κ3) is 8.19. The first-order valence-corrected chi connectivity index (χ1v) is 45.7. The average molecular weight is 898 g/mol. The SMILES string of the molecule is CC1=C(C)C([Si](c2cc(C)c(C)c([Si](C)(C)C)c2[Si](C)(C)C)(c2cc(C)c(C)c([Si](C)(C)C)c2[Si](C)(C)C)c2cc(C)c(C)c([Si](C)(C)C)c2[Si](C)(C)C)C(C)=C1C. The highest BCUT2D eigenvalue weighted by molar-refractivity contribution is 7.22. The highest BCUT2D eigenvalue weighted by Crippen LogP contribution is 2.47. The molecule has 0 amide bonds. The maximum atomic E-state index is 2.87. The summed E-state index contributed by atoms with van der Waals surface area (Å²) in [6.45, 7) is 73.4. The van der Waals surface area contributed by atoms with E-state index in [2.05, 4.69) is 205 Å². The van der Waals surface area contributed by atoms with Gasteiger partial charge in [-0.05, 0) is 129 Å². The standard InChI is InChI=1S/C51H88Si7/c1-32-29-42(49(55(20,21)22)46(35(32)4)52(11,12)13)58(45-40(9)38(7)39(8)41(45)10,43-30-33(2)36(5)47(53(14,15)16)50(43)56(23,24)25)44-31-34(3)37(6)48(54(17,18)19)51(44)57(26,27)28/h29-31,45H,1-28H3. The molecule has 0 radical (unpaired) electrons. The van der Waals surface area contributed by atoms with Gasteiger partial charge in [0.2, 0.25) is 0 Å². The van der Waals surface area contributed by atoms with Crippen molar-refractivity contribution in [3.8, 4) is 0 Å². The minimum atomic E-state index is -3.10. The van der Waals surface area contributed by atoms with Crippen LogP contribution in [0, 0.1) is 41.5 Å². The van der Waals surface area contributed by atoms with Gasteiger partial charge in [0.1, 0.15) is 0 Å². The molecule has 0 nitrogen and oxygen atoms in total. The van der Waals surface area contributed by atoms with Gasteiger partial charge in [0.25, 0.3) is 0 Å². The van der Waals surface area contributed by atoms with E-state index in [1.54, 1.807) is 54.5 Å². The van der Waals surface area contributed by atoms with E-state index in [-0.39, 0.29) is 0 Å². The monoisotopic (exact) mass is 897 g/mol. The van der Waals surface area contributed by atoms with Crippen molar-refractivity contribution in [2.75, 3.05) is 0 Å². The number of rotatable bonds is 10. The van der Waals surface area contributed by atoms with Gasteiger partial charge in [0.15, 0.2) is 8.07 Å². The summed E-state index contributed by atoms with van der Waals surface area (Å²) in [5, 5.41) is 16.3. The number of aryl methyl sites for hydroxylation is 3. The second kappa shape index (κ2) is 15.5. The Balaban J connectivity index is 2.85. The van der Waals surface area contributed by atoms with Crippen LogP contribution in [0.4, 0.5) is 0 Å². The van der Waals surface area contributed by atoms with Gasteiger partial charge < -0.3 is 0 Å². The van der Waals surface area contributed by atoms with E-state index in [0.717, 1.165) is 0 Å². The molecule has 0 bridgehead atoms. The smallest absolute Gasteiger partial charge is 0.0656 e. The van der Waals surface area contributed by atoms with Crippen LogP contribution >= 0.6 is 0 Å². The van der Waals surface area contributed by atoms with E-state index in [1.807, 2.05) is 31.1 Å². The van der Waals surface area contributed by atoms with Crippen LogP contribution in [0.15, 0.2) is 40.5 Å². The fourth-order valence-electron chi connectivity index (χ4n) is 11.7. The Kier molecular flexibility index (Phi) is 13.2. The van der Waals surface area contributed by atoms with Crippen LogP contribution in [0.2, 0.25) is 123 Å². The van der Waals surface area contributed by atoms with Gasteiger partial charge >= 0.3 is 0 Å². The largest absolute Gasteiger partial charge is 0.158 e. The molecule has 320 valence electrons. The summed E-state index contributed by atoms with van der Waals surface area (Å²) < 4.78 is 0. The van der Waals surface area contributed by atoms with Crippen molar-refractivity contribution < 1.29 is 0 Å². The summed E-state index contributed by atoms with van der Waals surface area (Å²) in [6.07, 6.45) is 0. The molecule has 0 atom stereocenters. The van der Waals surface area contributed by atoms with E-state index in [0.29, 0.717) is 5.54 Å². The summed E-state index contributed by atoms with van der Waals surface area (Å²) in [5.41, 5.74) is 16.1. The van der Waals surface area contributed by atoms with E-state index in [9.17, 15) is 0 Å². The van der Waals surface area contributed by atoms with Crippen molar-refractivity contribution in [3.63, 3.8) is 0 Å². The van der Waals surface area contributed by atoms with E-state index < -0.39 is 56.5 Å². The molecule has 1 aliphatic rings. The summed E-state index contributed by atoms with van der Waals surface area (Å²) in [7, 11) is -14.6. The molecule has 0 aliphatic heterocycles. The first-order valence-electron chi connectivity index (χ1n) is 22.6. The van der Waals surface area contributed by atoms with Crippen molar-refractivity contribution >= 4 is 103 Å². The third-order valence-electron chi connectivity index (χ3n) is 14.4. The van der Waals surface area contributed by atoms with Crippen LogP contribution in [0.3, 0.4) is 0 Å². The zero-order chi connectivity index (χ0) is 45.2. The predicted octanol–water partition coefficient (Wildman–Crippen LogP) is 10.3. The van der Waals surface area contributed by atoms with Gasteiger partial charge in [-0.3, -0.25) is 0 Å². The van der Waals surface area contributed by atoms with Crippen LogP contribution in [0.1, 0.15) is 61.1 Å². The molecule has 3 aromatic rings. The number of benzene rings is 3. The van der Waals surface area contributed by atoms with Crippen LogP contribution in [0.5, 0.6) is 0 Å². The Labute approximate surface area is 367 Å². The molecule has 0 saturated carbocycles. The van der Waals surface area contributed by atoms with E-state index in [1.165, 1.54) is 16.7 Å². The topological polar surface area (TPSA) is 0 Å². The van der Waals surface area contributed by atoms with Gasteiger partial charge in [0, 0.05) is 5.54 Å². The molecule has 0 unspecified atom stereocenters. The number of hydrogen-bond acceptors (Lipinski definition) is 0. The minimum Gasteiger partial charge on any atom is -0.0656 e. The van der Waals surface area contributed by atoms with Gasteiger partial charge in [-0.15, -0.1) is 0 Å². The maximum absolute atomic E-state index is 3.10. The molecular weight excluding hydrogens is 809 g/mol. The zero-order valence-electron chi connectivity index (χ0n) is 43.3. The molecule has 58 heavy (non-hydrogen) atoms. The lowest BCUT2D eigenvalue weighted by molar-refractivity contribution is 1.09. The Hall–Kier alpha value is -1.34. The van der Waals surface area contributed by atoms with Crippen molar-refractivity contribution in [2.24, 2.45) is 0 Å². The maximum Gasteiger partial charge on any atom is 0.158 e. The summed E-state index contributed by atoms with van der Waals surface area (Å²) >= 11 is 0. The van der Waals surface area contributed by atoms with Crippen molar-refractivity contribution in [1.29, 1.82) is 0 Å². The molecule has 0 N–H and O–H groups in total. The van der Waals surface area contributed by atoms with Crippen LogP contribution < -0.4 is 46.7 Å².